The average molecular weight is 184 g/mol. The van der Waals surface area contributed by atoms with Crippen LogP contribution in [0.5, 0.6) is 11.5 Å². The summed E-state index contributed by atoms with van der Waals surface area (Å²) in [4.78, 5) is 0. The van der Waals surface area contributed by atoms with Crippen LogP contribution in [0.2, 0.25) is 0 Å². The van der Waals surface area contributed by atoms with Gasteiger partial charge < -0.3 is 14.2 Å². The molecule has 1 unspecified atom stereocenters. The minimum absolute atomic E-state index is 0.330. The van der Waals surface area contributed by atoms with Gasteiger partial charge in [-0.1, -0.05) is 0 Å². The highest BCUT2D eigenvalue weighted by Crippen LogP contribution is 2.34. The lowest BCUT2D eigenvalue weighted by Gasteiger charge is -2.07. The number of fused-ring (bicyclic) bond motifs is 1. The van der Waals surface area contributed by atoms with E-state index in [9.17, 15) is 4.39 Å². The molecule has 1 aromatic carbocycles. The van der Waals surface area contributed by atoms with E-state index in [2.05, 4.69) is 0 Å². The van der Waals surface area contributed by atoms with Crippen molar-refractivity contribution in [3.05, 3.63) is 24.0 Å². The molecular formula is C9H9FO3. The van der Waals surface area contributed by atoms with Crippen molar-refractivity contribution in [2.45, 2.75) is 6.29 Å². The first-order chi connectivity index (χ1) is 6.29. The third-order valence-electron chi connectivity index (χ3n) is 1.73. The Kier molecular flexibility index (Phi) is 2.06. The molecule has 1 aromatic rings. The van der Waals surface area contributed by atoms with Crippen LogP contribution in [0.3, 0.4) is 0 Å². The maximum Gasteiger partial charge on any atom is 0.264 e. The largest absolute Gasteiger partial charge is 0.448 e. The monoisotopic (exact) mass is 184 g/mol. The van der Waals surface area contributed by atoms with Crippen molar-refractivity contribution in [3.63, 3.8) is 0 Å². The standard InChI is InChI=1S/C9H9FO3/c1-11-5-9-12-7-3-2-6(10)4-8(7)13-9/h2-4,9H,5H2,1H3. The Hall–Kier alpha value is -1.29. The van der Waals surface area contributed by atoms with Gasteiger partial charge in [-0.15, -0.1) is 0 Å². The van der Waals surface area contributed by atoms with E-state index in [1.807, 2.05) is 0 Å². The molecule has 0 N–H and O–H groups in total. The molecule has 70 valence electrons. The summed E-state index contributed by atoms with van der Waals surface area (Å²) in [7, 11) is 1.55. The normalized spacial score (nSPS) is 19.1. The lowest BCUT2D eigenvalue weighted by molar-refractivity contribution is -0.0174. The molecule has 0 fully saturated rings. The van der Waals surface area contributed by atoms with Gasteiger partial charge in [0.05, 0.1) is 0 Å². The van der Waals surface area contributed by atoms with Gasteiger partial charge in [-0.25, -0.2) is 4.39 Å². The summed E-state index contributed by atoms with van der Waals surface area (Å²) in [5, 5.41) is 0. The van der Waals surface area contributed by atoms with Crippen LogP contribution in [-0.2, 0) is 4.74 Å². The summed E-state index contributed by atoms with van der Waals surface area (Å²) in [6, 6.07) is 4.17. The summed E-state index contributed by atoms with van der Waals surface area (Å²) >= 11 is 0. The van der Waals surface area contributed by atoms with Crippen LogP contribution >= 0.6 is 0 Å². The molecule has 0 saturated carbocycles. The second-order valence-electron chi connectivity index (χ2n) is 2.71. The van der Waals surface area contributed by atoms with E-state index in [1.165, 1.54) is 12.1 Å². The number of halogens is 1. The van der Waals surface area contributed by atoms with E-state index in [-0.39, 0.29) is 5.82 Å². The lowest BCUT2D eigenvalue weighted by Crippen LogP contribution is -2.23. The molecule has 0 spiro atoms. The molecule has 3 nitrogen and oxygen atoms in total. The summed E-state index contributed by atoms with van der Waals surface area (Å²) in [5.74, 6) is 0.658. The van der Waals surface area contributed by atoms with Gasteiger partial charge in [0.1, 0.15) is 12.4 Å². The number of ether oxygens (including phenoxy) is 3. The second-order valence-corrected chi connectivity index (χ2v) is 2.71. The van der Waals surface area contributed by atoms with Gasteiger partial charge in [0.2, 0.25) is 0 Å². The van der Waals surface area contributed by atoms with Gasteiger partial charge in [-0.2, -0.15) is 0 Å². The van der Waals surface area contributed by atoms with Crippen molar-refractivity contribution < 1.29 is 18.6 Å². The van der Waals surface area contributed by atoms with Crippen LogP contribution in [0.1, 0.15) is 0 Å². The van der Waals surface area contributed by atoms with Gasteiger partial charge in [-0.05, 0) is 12.1 Å². The molecule has 0 radical (unpaired) electrons. The van der Waals surface area contributed by atoms with Crippen LogP contribution < -0.4 is 9.47 Å². The molecule has 1 aliphatic heterocycles. The molecule has 0 bridgehead atoms. The fourth-order valence-electron chi connectivity index (χ4n) is 1.18. The smallest absolute Gasteiger partial charge is 0.264 e. The first-order valence-corrected chi connectivity index (χ1v) is 3.91. The van der Waals surface area contributed by atoms with Crippen LogP contribution in [0, 0.1) is 5.82 Å². The van der Waals surface area contributed by atoms with Crippen molar-refractivity contribution in [3.8, 4) is 11.5 Å². The molecule has 1 heterocycles. The first-order valence-electron chi connectivity index (χ1n) is 3.91. The molecule has 0 aromatic heterocycles. The molecule has 1 aliphatic rings. The van der Waals surface area contributed by atoms with E-state index < -0.39 is 6.29 Å². The number of hydrogen-bond donors (Lipinski definition) is 0. The number of benzene rings is 1. The molecule has 13 heavy (non-hydrogen) atoms. The summed E-state index contributed by atoms with van der Waals surface area (Å²) in [6.07, 6.45) is -0.457. The zero-order valence-corrected chi connectivity index (χ0v) is 7.12. The fraction of sp³-hybridized carbons (Fsp3) is 0.333. The molecular weight excluding hydrogens is 175 g/mol. The zero-order chi connectivity index (χ0) is 9.26. The van der Waals surface area contributed by atoms with Gasteiger partial charge in [0.15, 0.2) is 11.5 Å². The number of hydrogen-bond acceptors (Lipinski definition) is 3. The van der Waals surface area contributed by atoms with Crippen LogP contribution in [-0.4, -0.2) is 20.0 Å². The third kappa shape index (κ3) is 1.58. The summed E-state index contributed by atoms with van der Waals surface area (Å²) in [6.45, 7) is 0.330. The lowest BCUT2D eigenvalue weighted by atomic mass is 10.3. The number of methoxy groups -OCH3 is 1. The Labute approximate surface area is 75.0 Å². The minimum atomic E-state index is -0.457. The highest BCUT2D eigenvalue weighted by Gasteiger charge is 2.23. The van der Waals surface area contributed by atoms with E-state index in [0.717, 1.165) is 0 Å². The highest BCUT2D eigenvalue weighted by molar-refractivity contribution is 5.42. The van der Waals surface area contributed by atoms with Gasteiger partial charge >= 0.3 is 0 Å². The first kappa shape index (κ1) is 8.31. The fourth-order valence-corrected chi connectivity index (χ4v) is 1.18. The molecule has 0 saturated heterocycles. The van der Waals surface area contributed by atoms with Crippen molar-refractivity contribution in [1.82, 2.24) is 0 Å². The quantitative estimate of drug-likeness (QED) is 0.698. The van der Waals surface area contributed by atoms with Crippen LogP contribution in [0.25, 0.3) is 0 Å². The summed E-state index contributed by atoms with van der Waals surface area (Å²) in [5.41, 5.74) is 0. The Balaban J connectivity index is 2.16. The Morgan fingerprint density at radius 1 is 1.38 bits per heavy atom. The van der Waals surface area contributed by atoms with E-state index in [1.54, 1.807) is 13.2 Å². The molecule has 0 aliphatic carbocycles. The summed E-state index contributed by atoms with van der Waals surface area (Å²) < 4.78 is 28.1. The van der Waals surface area contributed by atoms with Crippen molar-refractivity contribution >= 4 is 0 Å². The Morgan fingerprint density at radius 2 is 2.15 bits per heavy atom. The Bertz CT molecular complexity index is 314. The van der Waals surface area contributed by atoms with Crippen LogP contribution in [0.4, 0.5) is 4.39 Å². The predicted molar refractivity (Wildman–Crippen MR) is 43.3 cm³/mol. The Morgan fingerprint density at radius 3 is 2.92 bits per heavy atom. The maximum absolute atomic E-state index is 12.7. The molecule has 4 heteroatoms. The van der Waals surface area contributed by atoms with Crippen LogP contribution in [0.15, 0.2) is 18.2 Å². The van der Waals surface area contributed by atoms with Crippen molar-refractivity contribution in [2.75, 3.05) is 13.7 Å². The maximum atomic E-state index is 12.7. The van der Waals surface area contributed by atoms with Gasteiger partial charge in [0, 0.05) is 13.2 Å². The van der Waals surface area contributed by atoms with E-state index >= 15 is 0 Å². The average Bonchev–Trinajstić information content (AvgIpc) is 2.46. The highest BCUT2D eigenvalue weighted by atomic mass is 19.1. The van der Waals surface area contributed by atoms with Crippen molar-refractivity contribution in [1.29, 1.82) is 0 Å². The molecule has 0 amide bonds. The van der Waals surface area contributed by atoms with E-state index in [0.29, 0.717) is 18.1 Å². The molecule has 2 rings (SSSR count). The minimum Gasteiger partial charge on any atom is -0.448 e. The van der Waals surface area contributed by atoms with Gasteiger partial charge in [0.25, 0.3) is 6.29 Å². The SMILES string of the molecule is COCC1Oc2ccc(F)cc2O1. The zero-order valence-electron chi connectivity index (χ0n) is 7.12. The van der Waals surface area contributed by atoms with Crippen molar-refractivity contribution in [2.24, 2.45) is 0 Å². The topological polar surface area (TPSA) is 27.7 Å². The third-order valence-corrected chi connectivity index (χ3v) is 1.73. The number of rotatable bonds is 2. The molecule has 1 atom stereocenters. The predicted octanol–water partition coefficient (Wildman–Crippen LogP) is 1.57. The van der Waals surface area contributed by atoms with E-state index in [4.69, 9.17) is 14.2 Å². The second kappa shape index (κ2) is 3.22. The van der Waals surface area contributed by atoms with Gasteiger partial charge in [-0.3, -0.25) is 0 Å².